The fourth-order valence-electron chi connectivity index (χ4n) is 2.26. The fourth-order valence-corrected chi connectivity index (χ4v) is 2.38. The molecule has 0 saturated carbocycles. The number of hydrogen-bond acceptors (Lipinski definition) is 3. The smallest absolute Gasteiger partial charge is 0.389 e. The molecule has 1 unspecified atom stereocenters. The lowest BCUT2D eigenvalue weighted by atomic mass is 9.97. The van der Waals surface area contributed by atoms with Crippen molar-refractivity contribution in [2.45, 2.75) is 19.0 Å². The second kappa shape index (κ2) is 5.97. The third-order valence-corrected chi connectivity index (χ3v) is 3.67. The van der Waals surface area contributed by atoms with Gasteiger partial charge in [0.2, 0.25) is 0 Å². The van der Waals surface area contributed by atoms with E-state index in [0.717, 1.165) is 0 Å². The standard InChI is InChI=1S/C13H14F3N3OS/c14-13(15,16)9-2-1-5-19(7-9)12(20)10-4-3-8(6-18-10)11(17)21/h3-4,6,9H,1-2,5,7H2,(H2,17,21). The summed E-state index contributed by atoms with van der Waals surface area (Å²) in [6, 6.07) is 2.96. The summed E-state index contributed by atoms with van der Waals surface area (Å²) < 4.78 is 38.2. The number of likely N-dealkylation sites (tertiary alicyclic amines) is 1. The molecule has 0 radical (unpaired) electrons. The van der Waals surface area contributed by atoms with E-state index in [2.05, 4.69) is 4.98 Å². The Kier molecular flexibility index (Phi) is 4.46. The van der Waals surface area contributed by atoms with Crippen LogP contribution in [0.1, 0.15) is 28.9 Å². The van der Waals surface area contributed by atoms with Gasteiger partial charge in [-0.2, -0.15) is 13.2 Å². The Balaban J connectivity index is 2.10. The largest absolute Gasteiger partial charge is 0.393 e. The first-order chi connectivity index (χ1) is 9.79. The summed E-state index contributed by atoms with van der Waals surface area (Å²) in [4.78, 5) is 17.5. The number of amides is 1. The van der Waals surface area contributed by atoms with E-state index in [1.165, 1.54) is 23.2 Å². The summed E-state index contributed by atoms with van der Waals surface area (Å²) in [5, 5.41) is 0. The molecule has 2 N–H and O–H groups in total. The van der Waals surface area contributed by atoms with Crippen LogP contribution in [-0.2, 0) is 0 Å². The van der Waals surface area contributed by atoms with Gasteiger partial charge in [-0.15, -0.1) is 0 Å². The van der Waals surface area contributed by atoms with Gasteiger partial charge in [0.25, 0.3) is 5.91 Å². The molecule has 2 heterocycles. The highest BCUT2D eigenvalue weighted by molar-refractivity contribution is 7.80. The van der Waals surface area contributed by atoms with Gasteiger partial charge < -0.3 is 10.6 Å². The lowest BCUT2D eigenvalue weighted by molar-refractivity contribution is -0.184. The molecule has 1 aliphatic rings. The van der Waals surface area contributed by atoms with Crippen LogP contribution in [0.25, 0.3) is 0 Å². The monoisotopic (exact) mass is 317 g/mol. The molecular weight excluding hydrogens is 303 g/mol. The molecule has 4 nitrogen and oxygen atoms in total. The molecule has 114 valence electrons. The van der Waals surface area contributed by atoms with Crippen molar-refractivity contribution in [2.75, 3.05) is 13.1 Å². The number of carbonyl (C=O) groups is 1. The third-order valence-electron chi connectivity index (χ3n) is 3.44. The van der Waals surface area contributed by atoms with E-state index < -0.39 is 18.0 Å². The molecule has 1 atom stereocenters. The van der Waals surface area contributed by atoms with Crippen molar-refractivity contribution in [2.24, 2.45) is 11.7 Å². The van der Waals surface area contributed by atoms with Gasteiger partial charge in [-0.25, -0.2) is 0 Å². The molecule has 1 saturated heterocycles. The molecule has 1 aliphatic heterocycles. The molecule has 0 bridgehead atoms. The fraction of sp³-hybridized carbons (Fsp3) is 0.462. The Morgan fingerprint density at radius 2 is 2.14 bits per heavy atom. The summed E-state index contributed by atoms with van der Waals surface area (Å²) in [6.07, 6.45) is -2.54. The van der Waals surface area contributed by atoms with Crippen LogP contribution in [0.5, 0.6) is 0 Å². The van der Waals surface area contributed by atoms with Crippen LogP contribution in [0, 0.1) is 5.92 Å². The second-order valence-electron chi connectivity index (χ2n) is 4.93. The van der Waals surface area contributed by atoms with E-state index in [9.17, 15) is 18.0 Å². The molecule has 1 aromatic heterocycles. The van der Waals surface area contributed by atoms with Crippen molar-refractivity contribution in [3.05, 3.63) is 29.6 Å². The molecule has 21 heavy (non-hydrogen) atoms. The highest BCUT2D eigenvalue weighted by Gasteiger charge is 2.42. The highest BCUT2D eigenvalue weighted by Crippen LogP contribution is 2.33. The lowest BCUT2D eigenvalue weighted by Gasteiger charge is -2.33. The van der Waals surface area contributed by atoms with Crippen molar-refractivity contribution in [3.63, 3.8) is 0 Å². The molecule has 1 amide bonds. The van der Waals surface area contributed by atoms with E-state index in [1.807, 2.05) is 0 Å². The summed E-state index contributed by atoms with van der Waals surface area (Å²) in [7, 11) is 0. The van der Waals surface area contributed by atoms with Crippen LogP contribution in [0.3, 0.4) is 0 Å². The van der Waals surface area contributed by atoms with Crippen LogP contribution < -0.4 is 5.73 Å². The minimum Gasteiger partial charge on any atom is -0.389 e. The minimum absolute atomic E-state index is 0.0566. The maximum absolute atomic E-state index is 12.7. The summed E-state index contributed by atoms with van der Waals surface area (Å²) >= 11 is 4.77. The molecule has 2 rings (SSSR count). The van der Waals surface area contributed by atoms with E-state index in [1.54, 1.807) is 0 Å². The molecule has 1 fully saturated rings. The maximum atomic E-state index is 12.7. The number of alkyl halides is 3. The molecule has 0 aliphatic carbocycles. The normalized spacial score (nSPS) is 19.4. The summed E-state index contributed by atoms with van der Waals surface area (Å²) in [6.45, 7) is -0.00872. The lowest BCUT2D eigenvalue weighted by Crippen LogP contribution is -2.44. The zero-order chi connectivity index (χ0) is 15.6. The van der Waals surface area contributed by atoms with E-state index in [-0.39, 0.29) is 23.6 Å². The van der Waals surface area contributed by atoms with Crippen molar-refractivity contribution in [1.29, 1.82) is 0 Å². The Labute approximate surface area is 125 Å². The average molecular weight is 317 g/mol. The number of thiocarbonyl (C=S) groups is 1. The van der Waals surface area contributed by atoms with Crippen LogP contribution in [0.15, 0.2) is 18.3 Å². The third kappa shape index (κ3) is 3.69. The summed E-state index contributed by atoms with van der Waals surface area (Å²) in [5.74, 6) is -1.97. The Morgan fingerprint density at radius 1 is 1.43 bits per heavy atom. The number of nitrogens with two attached hydrogens (primary N) is 1. The van der Waals surface area contributed by atoms with Gasteiger partial charge in [0.1, 0.15) is 10.7 Å². The van der Waals surface area contributed by atoms with Crippen LogP contribution >= 0.6 is 12.2 Å². The number of carbonyl (C=O) groups excluding carboxylic acids is 1. The minimum atomic E-state index is -4.28. The zero-order valence-electron chi connectivity index (χ0n) is 11.1. The number of hydrogen-bond donors (Lipinski definition) is 1. The first-order valence-corrected chi connectivity index (χ1v) is 6.81. The summed E-state index contributed by atoms with van der Waals surface area (Å²) in [5.41, 5.74) is 6.02. The van der Waals surface area contributed by atoms with Gasteiger partial charge in [0, 0.05) is 24.8 Å². The molecule has 8 heteroatoms. The van der Waals surface area contributed by atoms with Gasteiger partial charge in [0.15, 0.2) is 0 Å². The zero-order valence-corrected chi connectivity index (χ0v) is 11.9. The van der Waals surface area contributed by atoms with Crippen LogP contribution in [0.4, 0.5) is 13.2 Å². The maximum Gasteiger partial charge on any atom is 0.393 e. The van der Waals surface area contributed by atoms with E-state index in [0.29, 0.717) is 18.5 Å². The Morgan fingerprint density at radius 3 is 2.67 bits per heavy atom. The molecular formula is C13H14F3N3OS. The van der Waals surface area contributed by atoms with Gasteiger partial charge in [-0.1, -0.05) is 12.2 Å². The number of halogens is 3. The number of piperidine rings is 1. The van der Waals surface area contributed by atoms with Gasteiger partial charge >= 0.3 is 6.18 Å². The topological polar surface area (TPSA) is 59.2 Å². The van der Waals surface area contributed by atoms with Crippen molar-refractivity contribution < 1.29 is 18.0 Å². The van der Waals surface area contributed by atoms with Gasteiger partial charge in [-0.3, -0.25) is 9.78 Å². The second-order valence-corrected chi connectivity index (χ2v) is 5.37. The van der Waals surface area contributed by atoms with Gasteiger partial charge in [0.05, 0.1) is 5.92 Å². The highest BCUT2D eigenvalue weighted by atomic mass is 32.1. The Hall–Kier alpha value is -1.70. The molecule has 1 aromatic rings. The number of rotatable bonds is 2. The van der Waals surface area contributed by atoms with Crippen molar-refractivity contribution in [1.82, 2.24) is 9.88 Å². The number of pyridine rings is 1. The number of aromatic nitrogens is 1. The van der Waals surface area contributed by atoms with Gasteiger partial charge in [-0.05, 0) is 25.0 Å². The predicted molar refractivity (Wildman–Crippen MR) is 74.8 cm³/mol. The van der Waals surface area contributed by atoms with E-state index >= 15 is 0 Å². The molecule has 0 aromatic carbocycles. The quantitative estimate of drug-likeness (QED) is 0.849. The van der Waals surface area contributed by atoms with Crippen molar-refractivity contribution >= 4 is 23.1 Å². The first-order valence-electron chi connectivity index (χ1n) is 6.41. The van der Waals surface area contributed by atoms with Crippen LogP contribution in [-0.4, -0.2) is 40.0 Å². The molecule has 0 spiro atoms. The van der Waals surface area contributed by atoms with Crippen LogP contribution in [0.2, 0.25) is 0 Å². The SMILES string of the molecule is NC(=S)c1ccc(C(=O)N2CCCC(C(F)(F)F)C2)nc1. The number of nitrogens with zero attached hydrogens (tertiary/aromatic N) is 2. The first kappa shape index (κ1) is 15.7. The Bertz CT molecular complexity index is 545. The van der Waals surface area contributed by atoms with E-state index in [4.69, 9.17) is 18.0 Å². The average Bonchev–Trinajstić information content (AvgIpc) is 2.46. The predicted octanol–water partition coefficient (Wildman–Crippen LogP) is 2.13. The van der Waals surface area contributed by atoms with Crippen molar-refractivity contribution in [3.8, 4) is 0 Å².